The summed E-state index contributed by atoms with van der Waals surface area (Å²) in [7, 11) is 0. The molecule has 0 spiro atoms. The fourth-order valence-corrected chi connectivity index (χ4v) is 2.88. The Bertz CT molecular complexity index is 596. The van der Waals surface area contributed by atoms with Crippen molar-refractivity contribution in [2.45, 2.75) is 53.0 Å². The highest BCUT2D eigenvalue weighted by Gasteiger charge is 2.37. The minimum absolute atomic E-state index is 0.197. The van der Waals surface area contributed by atoms with E-state index < -0.39 is 0 Å². The van der Waals surface area contributed by atoms with Crippen LogP contribution in [0, 0.1) is 6.92 Å². The first kappa shape index (κ1) is 13.9. The summed E-state index contributed by atoms with van der Waals surface area (Å²) in [5, 5.41) is 6.35. The maximum atomic E-state index is 3.60. The Labute approximate surface area is 117 Å². The highest BCUT2D eigenvalue weighted by atomic mass is 15.0. The molecule has 0 aromatic heterocycles. The molecule has 1 heterocycles. The second-order valence-electron chi connectivity index (χ2n) is 5.80. The lowest BCUT2D eigenvalue weighted by Crippen LogP contribution is -2.30. The molecule has 0 aliphatic carbocycles. The van der Waals surface area contributed by atoms with Gasteiger partial charge in [0.25, 0.3) is 0 Å². The molecule has 0 saturated carbocycles. The Morgan fingerprint density at radius 3 is 2.37 bits per heavy atom. The number of anilines is 1. The molecular weight excluding hydrogens is 230 g/mol. The normalized spacial score (nSPS) is 19.4. The van der Waals surface area contributed by atoms with E-state index in [4.69, 9.17) is 0 Å². The predicted molar refractivity (Wildman–Crippen MR) is 86.1 cm³/mol. The molecule has 1 aliphatic heterocycles. The molecule has 0 saturated heterocycles. The molecule has 1 unspecified atom stereocenters. The Morgan fingerprint density at radius 1 is 1.05 bits per heavy atom. The zero-order valence-corrected chi connectivity index (χ0v) is 13.0. The van der Waals surface area contributed by atoms with Crippen molar-refractivity contribution in [3.8, 4) is 0 Å². The molecule has 102 valence electrons. The smallest absolute Gasteiger partial charge is 0.0387 e. The Balaban J connectivity index is 0.000000637. The maximum Gasteiger partial charge on any atom is 0.0387 e. The summed E-state index contributed by atoms with van der Waals surface area (Å²) >= 11 is 0. The highest BCUT2D eigenvalue weighted by molar-refractivity contribution is 5.93. The van der Waals surface area contributed by atoms with E-state index in [1.165, 1.54) is 27.6 Å². The first-order valence-corrected chi connectivity index (χ1v) is 7.30. The van der Waals surface area contributed by atoms with Crippen LogP contribution in [0.25, 0.3) is 10.8 Å². The minimum atomic E-state index is 0.197. The van der Waals surface area contributed by atoms with Crippen molar-refractivity contribution >= 4 is 16.5 Å². The third-order valence-corrected chi connectivity index (χ3v) is 4.28. The van der Waals surface area contributed by atoms with Crippen LogP contribution in [0.2, 0.25) is 0 Å². The molecule has 0 bridgehead atoms. The van der Waals surface area contributed by atoms with E-state index in [1.807, 2.05) is 13.8 Å². The molecule has 1 atom stereocenters. The van der Waals surface area contributed by atoms with Crippen LogP contribution in [0.5, 0.6) is 0 Å². The Morgan fingerprint density at radius 2 is 1.68 bits per heavy atom. The third kappa shape index (κ3) is 2.11. The number of benzene rings is 2. The Hall–Kier alpha value is -1.50. The zero-order chi connectivity index (χ0) is 14.2. The van der Waals surface area contributed by atoms with Crippen LogP contribution < -0.4 is 5.32 Å². The summed E-state index contributed by atoms with van der Waals surface area (Å²) in [5.74, 6) is 0. The summed E-state index contributed by atoms with van der Waals surface area (Å²) in [6.07, 6.45) is 0. The van der Waals surface area contributed by atoms with Crippen LogP contribution in [-0.2, 0) is 5.41 Å². The number of rotatable bonds is 0. The molecule has 0 fully saturated rings. The quantitative estimate of drug-likeness (QED) is 0.676. The lowest BCUT2D eigenvalue weighted by molar-refractivity contribution is 0.489. The molecule has 0 radical (unpaired) electrons. The molecule has 19 heavy (non-hydrogen) atoms. The van der Waals surface area contributed by atoms with Gasteiger partial charge in [-0.3, -0.25) is 0 Å². The van der Waals surface area contributed by atoms with Crippen LogP contribution in [0.1, 0.15) is 45.7 Å². The van der Waals surface area contributed by atoms with E-state index in [0.717, 1.165) is 0 Å². The summed E-state index contributed by atoms with van der Waals surface area (Å²) in [6, 6.07) is 11.7. The number of hydrogen-bond acceptors (Lipinski definition) is 1. The van der Waals surface area contributed by atoms with Gasteiger partial charge >= 0.3 is 0 Å². The van der Waals surface area contributed by atoms with Gasteiger partial charge in [-0.1, -0.05) is 57.5 Å². The fraction of sp³-hybridized carbons (Fsp3) is 0.444. The number of aryl methyl sites for hydroxylation is 1. The van der Waals surface area contributed by atoms with Gasteiger partial charge in [-0.05, 0) is 36.2 Å². The first-order valence-electron chi connectivity index (χ1n) is 7.30. The van der Waals surface area contributed by atoms with Crippen LogP contribution in [0.15, 0.2) is 30.3 Å². The van der Waals surface area contributed by atoms with Gasteiger partial charge in [-0.15, -0.1) is 0 Å². The summed E-state index contributed by atoms with van der Waals surface area (Å²) < 4.78 is 0. The standard InChI is InChI=1S/C16H19N.C2H6/c1-10-5-6-12-7-8-14-15(13(12)9-10)16(3,4)11(2)17-14;1-2/h5-9,11,17H,1-4H3;1-2H3. The minimum Gasteiger partial charge on any atom is -0.381 e. The van der Waals surface area contributed by atoms with Crippen molar-refractivity contribution in [3.05, 3.63) is 41.5 Å². The van der Waals surface area contributed by atoms with Gasteiger partial charge in [0.1, 0.15) is 0 Å². The average molecular weight is 255 g/mol. The molecule has 2 aromatic carbocycles. The van der Waals surface area contributed by atoms with Gasteiger partial charge in [0.2, 0.25) is 0 Å². The largest absolute Gasteiger partial charge is 0.381 e. The number of fused-ring (bicyclic) bond motifs is 3. The van der Waals surface area contributed by atoms with Crippen LogP contribution >= 0.6 is 0 Å². The molecule has 1 N–H and O–H groups in total. The number of nitrogens with one attached hydrogen (secondary N) is 1. The second-order valence-corrected chi connectivity index (χ2v) is 5.80. The molecule has 2 aromatic rings. The van der Waals surface area contributed by atoms with Crippen LogP contribution in [-0.4, -0.2) is 6.04 Å². The monoisotopic (exact) mass is 255 g/mol. The van der Waals surface area contributed by atoms with Crippen molar-refractivity contribution in [3.63, 3.8) is 0 Å². The van der Waals surface area contributed by atoms with Gasteiger partial charge in [0, 0.05) is 17.1 Å². The molecule has 1 nitrogen and oxygen atoms in total. The van der Waals surface area contributed by atoms with E-state index in [9.17, 15) is 0 Å². The molecule has 3 rings (SSSR count). The van der Waals surface area contributed by atoms with Crippen molar-refractivity contribution in [1.82, 2.24) is 0 Å². The summed E-state index contributed by atoms with van der Waals surface area (Å²) in [5.41, 5.74) is 4.32. The van der Waals surface area contributed by atoms with Gasteiger partial charge in [-0.2, -0.15) is 0 Å². The van der Waals surface area contributed by atoms with E-state index in [0.29, 0.717) is 6.04 Å². The van der Waals surface area contributed by atoms with Crippen LogP contribution in [0.4, 0.5) is 5.69 Å². The first-order chi connectivity index (χ1) is 9.00. The SMILES string of the molecule is CC.Cc1ccc2ccc3c(c2c1)C(C)(C)C(C)N3. The van der Waals surface area contributed by atoms with Crippen molar-refractivity contribution in [2.24, 2.45) is 0 Å². The van der Waals surface area contributed by atoms with E-state index >= 15 is 0 Å². The lowest BCUT2D eigenvalue weighted by Gasteiger charge is -2.25. The predicted octanol–water partition coefficient (Wildman–Crippen LogP) is 5.27. The Kier molecular flexibility index (Phi) is 3.58. The maximum absolute atomic E-state index is 3.60. The van der Waals surface area contributed by atoms with Gasteiger partial charge in [0.15, 0.2) is 0 Å². The summed E-state index contributed by atoms with van der Waals surface area (Å²) in [4.78, 5) is 0. The van der Waals surface area contributed by atoms with Crippen molar-refractivity contribution in [1.29, 1.82) is 0 Å². The van der Waals surface area contributed by atoms with Gasteiger partial charge in [0.05, 0.1) is 0 Å². The van der Waals surface area contributed by atoms with E-state index in [-0.39, 0.29) is 5.41 Å². The third-order valence-electron chi connectivity index (χ3n) is 4.28. The molecule has 1 aliphatic rings. The average Bonchev–Trinajstić information content (AvgIpc) is 2.62. The lowest BCUT2D eigenvalue weighted by atomic mass is 9.79. The second kappa shape index (κ2) is 4.88. The van der Waals surface area contributed by atoms with Crippen molar-refractivity contribution in [2.75, 3.05) is 5.32 Å². The van der Waals surface area contributed by atoms with Crippen LogP contribution in [0.3, 0.4) is 0 Å². The van der Waals surface area contributed by atoms with Gasteiger partial charge < -0.3 is 5.32 Å². The summed E-state index contributed by atoms with van der Waals surface area (Å²) in [6.45, 7) is 13.1. The molecular formula is C18H25N. The van der Waals surface area contributed by atoms with Gasteiger partial charge in [-0.25, -0.2) is 0 Å². The van der Waals surface area contributed by atoms with E-state index in [2.05, 4.69) is 63.3 Å². The fourth-order valence-electron chi connectivity index (χ4n) is 2.88. The van der Waals surface area contributed by atoms with Crippen molar-refractivity contribution < 1.29 is 0 Å². The molecule has 1 heteroatoms. The van der Waals surface area contributed by atoms with E-state index in [1.54, 1.807) is 0 Å². The molecule has 0 amide bonds. The number of hydrogen-bond donors (Lipinski definition) is 1. The topological polar surface area (TPSA) is 12.0 Å². The highest BCUT2D eigenvalue weighted by Crippen LogP contribution is 2.44. The zero-order valence-electron chi connectivity index (χ0n) is 13.0.